The normalized spacial score (nSPS) is 18.3. The van der Waals surface area contributed by atoms with E-state index in [9.17, 15) is 0 Å². The van der Waals surface area contributed by atoms with Gasteiger partial charge in [-0.3, -0.25) is 0 Å². The standard InChI is InChI=1S/C14H20N4Se/c1-10(2)18-8-6-11(7-9-18)15-12-4-3-5-13-14(12)17-19-16-13/h3-5,10-11,15H,6-9H2,1-2H3. The van der Waals surface area contributed by atoms with Gasteiger partial charge in [-0.05, 0) is 0 Å². The van der Waals surface area contributed by atoms with Crippen molar-refractivity contribution in [2.45, 2.75) is 38.8 Å². The van der Waals surface area contributed by atoms with Crippen LogP contribution in [0.4, 0.5) is 5.69 Å². The number of nitrogens with zero attached hydrogens (tertiary/aromatic N) is 3. The molecule has 1 aromatic heterocycles. The minimum atomic E-state index is 0.0567. The Balaban J connectivity index is 1.68. The second-order valence-corrected chi connectivity index (χ2v) is 6.59. The second kappa shape index (κ2) is 5.61. The molecule has 19 heavy (non-hydrogen) atoms. The number of benzene rings is 1. The fourth-order valence-corrected chi connectivity index (χ4v) is 3.86. The molecule has 1 aliphatic rings. The molecule has 2 heterocycles. The summed E-state index contributed by atoms with van der Waals surface area (Å²) in [4.78, 5) is 2.55. The molecule has 1 N–H and O–H groups in total. The van der Waals surface area contributed by atoms with Gasteiger partial charge in [0.1, 0.15) is 0 Å². The van der Waals surface area contributed by atoms with Crippen molar-refractivity contribution in [3.63, 3.8) is 0 Å². The van der Waals surface area contributed by atoms with Crippen molar-refractivity contribution in [1.29, 1.82) is 0 Å². The van der Waals surface area contributed by atoms with Crippen LogP contribution in [0, 0.1) is 0 Å². The number of likely N-dealkylation sites (tertiary alicyclic amines) is 1. The quantitative estimate of drug-likeness (QED) is 0.877. The van der Waals surface area contributed by atoms with E-state index >= 15 is 0 Å². The fraction of sp³-hybridized carbons (Fsp3) is 0.571. The summed E-state index contributed by atoms with van der Waals surface area (Å²) in [5, 5.41) is 3.67. The molecule has 0 aliphatic carbocycles. The van der Waals surface area contributed by atoms with Crippen LogP contribution < -0.4 is 5.32 Å². The van der Waals surface area contributed by atoms with E-state index in [1.807, 2.05) is 0 Å². The van der Waals surface area contributed by atoms with Crippen LogP contribution in [-0.4, -0.2) is 53.0 Å². The van der Waals surface area contributed by atoms with Gasteiger partial charge in [-0.1, -0.05) is 0 Å². The van der Waals surface area contributed by atoms with E-state index in [2.05, 4.69) is 50.2 Å². The summed E-state index contributed by atoms with van der Waals surface area (Å²) in [6, 6.07) is 7.50. The van der Waals surface area contributed by atoms with Crippen LogP contribution in [0.15, 0.2) is 18.2 Å². The van der Waals surface area contributed by atoms with E-state index in [0.29, 0.717) is 12.1 Å². The van der Waals surface area contributed by atoms with E-state index in [-0.39, 0.29) is 15.0 Å². The third kappa shape index (κ3) is 2.83. The monoisotopic (exact) mass is 324 g/mol. The Kier molecular flexibility index (Phi) is 3.87. The number of fused-ring (bicyclic) bond motifs is 1. The van der Waals surface area contributed by atoms with Gasteiger partial charge in [0.2, 0.25) is 0 Å². The van der Waals surface area contributed by atoms with Crippen LogP contribution in [0.25, 0.3) is 11.0 Å². The van der Waals surface area contributed by atoms with Crippen LogP contribution in [0.3, 0.4) is 0 Å². The van der Waals surface area contributed by atoms with E-state index in [1.54, 1.807) is 0 Å². The molecule has 0 saturated carbocycles. The Morgan fingerprint density at radius 3 is 2.79 bits per heavy atom. The molecule has 0 atom stereocenters. The van der Waals surface area contributed by atoms with Gasteiger partial charge in [0.15, 0.2) is 0 Å². The van der Waals surface area contributed by atoms with Gasteiger partial charge in [-0.15, -0.1) is 0 Å². The van der Waals surface area contributed by atoms with Crippen molar-refractivity contribution in [1.82, 2.24) is 12.9 Å². The molecular formula is C14H20N4Se. The summed E-state index contributed by atoms with van der Waals surface area (Å²) < 4.78 is 8.97. The second-order valence-electron chi connectivity index (χ2n) is 5.49. The average molecular weight is 323 g/mol. The fourth-order valence-electron chi connectivity index (χ4n) is 2.70. The maximum atomic E-state index is 4.53. The Morgan fingerprint density at radius 2 is 2.05 bits per heavy atom. The van der Waals surface area contributed by atoms with Crippen molar-refractivity contribution in [3.8, 4) is 0 Å². The van der Waals surface area contributed by atoms with Gasteiger partial charge >= 0.3 is 120 Å². The molecule has 3 rings (SSSR count). The summed E-state index contributed by atoms with van der Waals surface area (Å²) in [5.74, 6) is 0. The van der Waals surface area contributed by atoms with Gasteiger partial charge in [0.05, 0.1) is 0 Å². The summed E-state index contributed by atoms with van der Waals surface area (Å²) in [6.07, 6.45) is 2.42. The van der Waals surface area contributed by atoms with Crippen molar-refractivity contribution in [2.24, 2.45) is 0 Å². The van der Waals surface area contributed by atoms with E-state index in [0.717, 1.165) is 11.0 Å². The SMILES string of the molecule is CC(C)N1CCC(Nc2cccc3n[se]nc23)CC1. The Bertz CT molecular complexity index is 543. The molecule has 5 heteroatoms. The van der Waals surface area contributed by atoms with Crippen molar-refractivity contribution in [3.05, 3.63) is 18.2 Å². The Labute approximate surface area is 120 Å². The molecule has 0 amide bonds. The van der Waals surface area contributed by atoms with Gasteiger partial charge in [-0.25, -0.2) is 0 Å². The molecule has 102 valence electrons. The zero-order valence-electron chi connectivity index (χ0n) is 11.5. The zero-order valence-corrected chi connectivity index (χ0v) is 13.2. The minimum absolute atomic E-state index is 0.0567. The van der Waals surface area contributed by atoms with E-state index in [1.165, 1.54) is 31.6 Å². The van der Waals surface area contributed by atoms with Gasteiger partial charge in [0.25, 0.3) is 0 Å². The third-order valence-electron chi connectivity index (χ3n) is 3.91. The predicted molar refractivity (Wildman–Crippen MR) is 79.8 cm³/mol. The van der Waals surface area contributed by atoms with Crippen molar-refractivity contribution >= 4 is 31.7 Å². The Morgan fingerprint density at radius 1 is 1.26 bits per heavy atom. The van der Waals surface area contributed by atoms with Crippen LogP contribution in [0.1, 0.15) is 26.7 Å². The maximum absolute atomic E-state index is 4.53. The van der Waals surface area contributed by atoms with E-state index < -0.39 is 0 Å². The number of aromatic nitrogens is 2. The first-order valence-electron chi connectivity index (χ1n) is 6.96. The third-order valence-corrected chi connectivity index (χ3v) is 5.04. The van der Waals surface area contributed by atoms with Crippen molar-refractivity contribution in [2.75, 3.05) is 18.4 Å². The first-order chi connectivity index (χ1) is 9.24. The van der Waals surface area contributed by atoms with Gasteiger partial charge in [0, 0.05) is 0 Å². The van der Waals surface area contributed by atoms with Gasteiger partial charge < -0.3 is 0 Å². The van der Waals surface area contributed by atoms with Gasteiger partial charge in [-0.2, -0.15) is 0 Å². The van der Waals surface area contributed by atoms with Crippen LogP contribution in [0.2, 0.25) is 0 Å². The molecule has 2 aromatic rings. The van der Waals surface area contributed by atoms with Crippen LogP contribution in [-0.2, 0) is 0 Å². The molecule has 1 aromatic carbocycles. The topological polar surface area (TPSA) is 41.0 Å². The summed E-state index contributed by atoms with van der Waals surface area (Å²) >= 11 is 0.0567. The average Bonchev–Trinajstić information content (AvgIpc) is 2.89. The van der Waals surface area contributed by atoms with Crippen LogP contribution in [0.5, 0.6) is 0 Å². The number of piperidine rings is 1. The number of nitrogens with one attached hydrogen (secondary N) is 1. The number of anilines is 1. The molecule has 1 saturated heterocycles. The number of rotatable bonds is 3. The molecule has 0 unspecified atom stereocenters. The van der Waals surface area contributed by atoms with Crippen molar-refractivity contribution < 1.29 is 0 Å². The Hall–Kier alpha value is -0.901. The molecule has 1 fully saturated rings. The summed E-state index contributed by atoms with van der Waals surface area (Å²) in [6.45, 7) is 6.94. The van der Waals surface area contributed by atoms with E-state index in [4.69, 9.17) is 0 Å². The first-order valence-corrected chi connectivity index (χ1v) is 8.49. The van der Waals surface area contributed by atoms with Crippen LogP contribution >= 0.6 is 0 Å². The molecule has 0 spiro atoms. The molecule has 0 bridgehead atoms. The molecule has 1 aliphatic heterocycles. The number of hydrogen-bond donors (Lipinski definition) is 1. The number of hydrogen-bond acceptors (Lipinski definition) is 4. The zero-order chi connectivity index (χ0) is 13.2. The summed E-state index contributed by atoms with van der Waals surface area (Å²) in [7, 11) is 0. The molecular weight excluding hydrogens is 303 g/mol. The molecule has 0 radical (unpaired) electrons. The predicted octanol–water partition coefficient (Wildman–Crippen LogP) is 1.97. The molecule has 4 nitrogen and oxygen atoms in total. The summed E-state index contributed by atoms with van der Waals surface area (Å²) in [5.41, 5.74) is 3.31. The first kappa shape index (κ1) is 13.1.